The van der Waals surface area contributed by atoms with Crippen molar-refractivity contribution in [3.63, 3.8) is 0 Å². The number of benzene rings is 1. The summed E-state index contributed by atoms with van der Waals surface area (Å²) in [6, 6.07) is 12.2. The number of rotatable bonds is 8. The van der Waals surface area contributed by atoms with Crippen molar-refractivity contribution in [3.8, 4) is 0 Å². The minimum Gasteiger partial charge on any atom is -0.380 e. The number of hydrogen-bond acceptors (Lipinski definition) is 5. The maximum absolute atomic E-state index is 11.6. The highest BCUT2D eigenvalue weighted by molar-refractivity contribution is 7.10. The van der Waals surface area contributed by atoms with Crippen LogP contribution in [0, 0.1) is 0 Å². The fourth-order valence-corrected chi connectivity index (χ4v) is 3.09. The third-order valence-electron chi connectivity index (χ3n) is 3.49. The zero-order valence-corrected chi connectivity index (χ0v) is 13.8. The first kappa shape index (κ1) is 18.1. The Balaban J connectivity index is 1.79. The molecule has 5 N–H and O–H groups in total. The molecule has 0 fully saturated rings. The van der Waals surface area contributed by atoms with Crippen LogP contribution in [-0.4, -0.2) is 40.8 Å². The fourth-order valence-electron chi connectivity index (χ4n) is 2.19. The molecular formula is C17H20N2O4S. The van der Waals surface area contributed by atoms with Crippen molar-refractivity contribution < 1.29 is 19.8 Å². The predicted octanol–water partition coefficient (Wildman–Crippen LogP) is 0.205. The second kappa shape index (κ2) is 8.58. The molecular weight excluding hydrogens is 328 g/mol. The van der Waals surface area contributed by atoms with E-state index in [4.69, 9.17) is 5.73 Å². The Bertz CT molecular complexity index is 687. The van der Waals surface area contributed by atoms with Gasteiger partial charge in [0, 0.05) is 11.4 Å². The number of nitrogens with one attached hydrogen (secondary N) is 1. The van der Waals surface area contributed by atoms with Crippen LogP contribution in [-0.2, 0) is 22.4 Å². The number of hydrogen-bond donors (Lipinski definition) is 4. The van der Waals surface area contributed by atoms with E-state index < -0.39 is 24.0 Å². The van der Waals surface area contributed by atoms with Gasteiger partial charge in [-0.3, -0.25) is 9.59 Å². The van der Waals surface area contributed by atoms with Gasteiger partial charge in [0.15, 0.2) is 12.2 Å². The van der Waals surface area contributed by atoms with E-state index in [-0.39, 0.29) is 0 Å². The molecule has 7 heteroatoms. The first-order valence-electron chi connectivity index (χ1n) is 7.50. The van der Waals surface area contributed by atoms with Crippen LogP contribution in [0.2, 0.25) is 0 Å². The molecule has 2 amide bonds. The average molecular weight is 348 g/mol. The summed E-state index contributed by atoms with van der Waals surface area (Å²) in [5.74, 6) is -1.95. The lowest BCUT2D eigenvalue weighted by molar-refractivity contribution is -0.144. The maximum atomic E-state index is 11.6. The van der Waals surface area contributed by atoms with Crippen LogP contribution in [0.15, 0.2) is 41.8 Å². The smallest absolute Gasteiger partial charge is 0.252 e. The lowest BCUT2D eigenvalue weighted by Gasteiger charge is -2.14. The van der Waals surface area contributed by atoms with Crippen molar-refractivity contribution in [2.45, 2.75) is 25.0 Å². The minimum absolute atomic E-state index is 0.298. The number of carbonyl (C=O) groups is 2. The van der Waals surface area contributed by atoms with Gasteiger partial charge in [-0.15, -0.1) is 11.3 Å². The molecule has 2 atom stereocenters. The Morgan fingerprint density at radius 3 is 2.50 bits per heavy atom. The molecule has 2 aromatic rings. The highest BCUT2D eigenvalue weighted by atomic mass is 32.1. The fraction of sp³-hybridized carbons (Fsp3) is 0.294. The second-order valence-electron chi connectivity index (χ2n) is 5.42. The summed E-state index contributed by atoms with van der Waals surface area (Å²) in [6.45, 7) is 0.298. The first-order valence-corrected chi connectivity index (χ1v) is 8.38. The molecule has 0 bridgehead atoms. The summed E-state index contributed by atoms with van der Waals surface area (Å²) in [6.07, 6.45) is -2.29. The van der Waals surface area contributed by atoms with Crippen molar-refractivity contribution in [1.82, 2.24) is 5.32 Å². The first-order chi connectivity index (χ1) is 11.5. The normalized spacial score (nSPS) is 13.2. The van der Waals surface area contributed by atoms with Gasteiger partial charge in [-0.2, -0.15) is 0 Å². The number of aliphatic hydroxyl groups is 2. The van der Waals surface area contributed by atoms with Crippen LogP contribution in [0.3, 0.4) is 0 Å². The quantitative estimate of drug-likeness (QED) is 0.546. The summed E-state index contributed by atoms with van der Waals surface area (Å²) in [5, 5.41) is 23.3. The standard InChI is InChI=1S/C17H20N2O4S/c18-16(22)14(20)15(21)17(23)19-7-6-13-9-12(10-24-13)8-11-4-2-1-3-5-11/h1-5,9-10,14-15,20-21H,6-8H2,(H2,18,22)(H,19,23)/t14-,15-/m1/s1. The van der Waals surface area contributed by atoms with Crippen LogP contribution in [0.5, 0.6) is 0 Å². The Labute approximate surface area is 143 Å². The van der Waals surface area contributed by atoms with E-state index in [9.17, 15) is 19.8 Å². The number of carbonyl (C=O) groups excluding carboxylic acids is 2. The van der Waals surface area contributed by atoms with E-state index in [1.165, 1.54) is 11.1 Å². The van der Waals surface area contributed by atoms with Crippen molar-refractivity contribution in [2.24, 2.45) is 5.73 Å². The highest BCUT2D eigenvalue weighted by Crippen LogP contribution is 2.18. The second-order valence-corrected chi connectivity index (χ2v) is 6.41. The van der Waals surface area contributed by atoms with Crippen molar-refractivity contribution >= 4 is 23.2 Å². The monoisotopic (exact) mass is 348 g/mol. The third-order valence-corrected chi connectivity index (χ3v) is 4.53. The molecule has 0 unspecified atom stereocenters. The SMILES string of the molecule is NC(=O)[C@H](O)[C@@H](O)C(=O)NCCc1cc(Cc2ccccc2)cs1. The van der Waals surface area contributed by atoms with E-state index in [0.717, 1.165) is 11.3 Å². The third kappa shape index (κ3) is 5.16. The topological polar surface area (TPSA) is 113 Å². The van der Waals surface area contributed by atoms with E-state index in [2.05, 4.69) is 28.9 Å². The van der Waals surface area contributed by atoms with Crippen molar-refractivity contribution in [2.75, 3.05) is 6.54 Å². The molecule has 0 aliphatic carbocycles. The van der Waals surface area contributed by atoms with E-state index >= 15 is 0 Å². The molecule has 0 aliphatic rings. The van der Waals surface area contributed by atoms with Gasteiger partial charge in [0.05, 0.1) is 0 Å². The number of thiophene rings is 1. The van der Waals surface area contributed by atoms with Crippen LogP contribution in [0.4, 0.5) is 0 Å². The molecule has 24 heavy (non-hydrogen) atoms. The lowest BCUT2D eigenvalue weighted by atomic mass is 10.1. The van der Waals surface area contributed by atoms with E-state index in [1.54, 1.807) is 11.3 Å². The molecule has 1 aromatic carbocycles. The van der Waals surface area contributed by atoms with Gasteiger partial charge in [-0.1, -0.05) is 30.3 Å². The molecule has 0 radical (unpaired) electrons. The minimum atomic E-state index is -1.90. The molecule has 128 valence electrons. The zero-order chi connectivity index (χ0) is 17.5. The molecule has 0 saturated heterocycles. The van der Waals surface area contributed by atoms with E-state index in [0.29, 0.717) is 13.0 Å². The average Bonchev–Trinajstić information content (AvgIpc) is 3.01. The molecule has 1 heterocycles. The maximum Gasteiger partial charge on any atom is 0.252 e. The van der Waals surface area contributed by atoms with Crippen LogP contribution >= 0.6 is 11.3 Å². The Morgan fingerprint density at radius 2 is 1.83 bits per heavy atom. The number of aliphatic hydroxyl groups excluding tert-OH is 2. The van der Waals surface area contributed by atoms with Gasteiger partial charge in [-0.05, 0) is 35.4 Å². The van der Waals surface area contributed by atoms with Gasteiger partial charge < -0.3 is 21.3 Å². The predicted molar refractivity (Wildman–Crippen MR) is 91.5 cm³/mol. The summed E-state index contributed by atoms with van der Waals surface area (Å²) >= 11 is 1.60. The number of amides is 2. The Hall–Kier alpha value is -2.22. The molecule has 0 aliphatic heterocycles. The molecule has 0 saturated carbocycles. The summed E-state index contributed by atoms with van der Waals surface area (Å²) in [7, 11) is 0. The van der Waals surface area contributed by atoms with Gasteiger partial charge in [-0.25, -0.2) is 0 Å². The van der Waals surface area contributed by atoms with Gasteiger partial charge >= 0.3 is 0 Å². The number of primary amides is 1. The zero-order valence-electron chi connectivity index (χ0n) is 13.0. The molecule has 6 nitrogen and oxygen atoms in total. The van der Waals surface area contributed by atoms with Gasteiger partial charge in [0.25, 0.3) is 5.91 Å². The van der Waals surface area contributed by atoms with Gasteiger partial charge in [0.1, 0.15) is 0 Å². The van der Waals surface area contributed by atoms with Crippen LogP contribution in [0.1, 0.15) is 16.0 Å². The largest absolute Gasteiger partial charge is 0.380 e. The van der Waals surface area contributed by atoms with E-state index in [1.807, 2.05) is 18.2 Å². The summed E-state index contributed by atoms with van der Waals surface area (Å²) in [4.78, 5) is 23.4. The highest BCUT2D eigenvalue weighted by Gasteiger charge is 2.28. The van der Waals surface area contributed by atoms with Crippen molar-refractivity contribution in [3.05, 3.63) is 57.8 Å². The summed E-state index contributed by atoms with van der Waals surface area (Å²) < 4.78 is 0. The van der Waals surface area contributed by atoms with Crippen molar-refractivity contribution in [1.29, 1.82) is 0 Å². The van der Waals surface area contributed by atoms with Crippen LogP contribution in [0.25, 0.3) is 0 Å². The molecule has 0 spiro atoms. The Morgan fingerprint density at radius 1 is 1.12 bits per heavy atom. The van der Waals surface area contributed by atoms with Crippen LogP contribution < -0.4 is 11.1 Å². The molecule has 1 aromatic heterocycles. The number of nitrogens with two attached hydrogens (primary N) is 1. The Kier molecular flexibility index (Phi) is 6.48. The van der Waals surface area contributed by atoms with Gasteiger partial charge in [0.2, 0.25) is 5.91 Å². The summed E-state index contributed by atoms with van der Waals surface area (Å²) in [5.41, 5.74) is 7.27. The lowest BCUT2D eigenvalue weighted by Crippen LogP contribution is -2.48. The molecule has 2 rings (SSSR count).